The smallest absolute Gasteiger partial charge is 0.283 e. The molecule has 1 aromatic carbocycles. The number of nitrogens with zero attached hydrogens (tertiary/aromatic N) is 2. The number of pyridine rings is 1. The van der Waals surface area contributed by atoms with E-state index < -0.39 is 15.8 Å². The van der Waals surface area contributed by atoms with E-state index in [9.17, 15) is 12.8 Å². The van der Waals surface area contributed by atoms with Gasteiger partial charge in [0.15, 0.2) is 5.03 Å². The van der Waals surface area contributed by atoms with Crippen molar-refractivity contribution in [2.24, 2.45) is 0 Å². The molecule has 0 spiro atoms. The molecule has 3 rings (SSSR count). The molecular formula is C14H14FN3O2S. The van der Waals surface area contributed by atoms with Crippen molar-refractivity contribution >= 4 is 21.4 Å². The van der Waals surface area contributed by atoms with E-state index in [0.717, 1.165) is 5.56 Å². The first kappa shape index (κ1) is 13.8. The van der Waals surface area contributed by atoms with Crippen LogP contribution in [0.15, 0.2) is 41.6 Å². The first-order chi connectivity index (χ1) is 10.0. The van der Waals surface area contributed by atoms with Crippen LogP contribution in [-0.2, 0) is 16.4 Å². The first-order valence-electron chi connectivity index (χ1n) is 6.48. The number of halogens is 1. The average molecular weight is 307 g/mol. The van der Waals surface area contributed by atoms with Crippen LogP contribution >= 0.6 is 0 Å². The minimum Gasteiger partial charge on any atom is -0.386 e. The summed E-state index contributed by atoms with van der Waals surface area (Å²) < 4.78 is 40.2. The molecule has 0 fully saturated rings. The summed E-state index contributed by atoms with van der Waals surface area (Å²) in [6.07, 6.45) is 1.99. The second-order valence-electron chi connectivity index (χ2n) is 4.71. The van der Waals surface area contributed by atoms with E-state index in [1.807, 2.05) is 0 Å². The highest BCUT2D eigenvalue weighted by Crippen LogP contribution is 2.34. The van der Waals surface area contributed by atoms with Crippen molar-refractivity contribution in [2.45, 2.75) is 11.4 Å². The summed E-state index contributed by atoms with van der Waals surface area (Å²) in [7, 11) is -2.19. The van der Waals surface area contributed by atoms with Gasteiger partial charge < -0.3 is 5.32 Å². The Bertz CT molecular complexity index is 793. The number of rotatable bonds is 3. The highest BCUT2D eigenvalue weighted by atomic mass is 32.2. The Kier molecular flexibility index (Phi) is 3.29. The molecule has 5 nitrogen and oxygen atoms in total. The third-order valence-corrected chi connectivity index (χ3v) is 5.25. The molecule has 0 saturated heterocycles. The van der Waals surface area contributed by atoms with Gasteiger partial charge in [-0.1, -0.05) is 6.07 Å². The molecule has 0 saturated carbocycles. The lowest BCUT2D eigenvalue weighted by Gasteiger charge is -2.20. The van der Waals surface area contributed by atoms with Gasteiger partial charge in [-0.25, -0.2) is 9.37 Å². The molecule has 1 aliphatic rings. The zero-order valence-corrected chi connectivity index (χ0v) is 12.2. The zero-order valence-electron chi connectivity index (χ0n) is 11.4. The molecule has 1 N–H and O–H groups in total. The minimum atomic E-state index is -3.82. The summed E-state index contributed by atoms with van der Waals surface area (Å²) in [5, 5.41) is 2.77. The highest BCUT2D eigenvalue weighted by molar-refractivity contribution is 7.92. The fraction of sp³-hybridized carbons (Fsp3) is 0.214. The van der Waals surface area contributed by atoms with Crippen LogP contribution in [0.2, 0.25) is 0 Å². The number of fused-ring (bicyclic) bond motifs is 1. The maximum absolute atomic E-state index is 13.4. The second-order valence-corrected chi connectivity index (χ2v) is 6.48. The first-order valence-corrected chi connectivity index (χ1v) is 7.92. The Balaban J connectivity index is 2.11. The van der Waals surface area contributed by atoms with E-state index in [0.29, 0.717) is 24.3 Å². The number of hydrogen-bond acceptors (Lipinski definition) is 4. The number of hydrogen-bond donors (Lipinski definition) is 1. The summed E-state index contributed by atoms with van der Waals surface area (Å²) >= 11 is 0. The minimum absolute atomic E-state index is 0.0513. The summed E-state index contributed by atoms with van der Waals surface area (Å²) in [6.45, 7) is 0.293. The fourth-order valence-corrected chi connectivity index (χ4v) is 4.08. The van der Waals surface area contributed by atoms with Gasteiger partial charge in [0.1, 0.15) is 5.82 Å². The number of sulfonamides is 1. The monoisotopic (exact) mass is 307 g/mol. The number of nitrogens with one attached hydrogen (secondary N) is 1. The predicted molar refractivity (Wildman–Crippen MR) is 78.4 cm³/mol. The summed E-state index contributed by atoms with van der Waals surface area (Å²) in [5.41, 5.74) is 1.63. The average Bonchev–Trinajstić information content (AvgIpc) is 2.90. The van der Waals surface area contributed by atoms with Gasteiger partial charge in [-0.15, -0.1) is 0 Å². The van der Waals surface area contributed by atoms with Crippen LogP contribution in [0.4, 0.5) is 15.8 Å². The summed E-state index contributed by atoms with van der Waals surface area (Å²) in [6, 6.07) is 7.51. The molecule has 7 heteroatoms. The maximum Gasteiger partial charge on any atom is 0.283 e. The molecule has 2 aromatic rings. The molecule has 2 heterocycles. The Morgan fingerprint density at radius 2 is 2.14 bits per heavy atom. The summed E-state index contributed by atoms with van der Waals surface area (Å²) in [5.74, 6) is -0.453. The highest BCUT2D eigenvalue weighted by Gasteiger charge is 2.33. The predicted octanol–water partition coefficient (Wildman–Crippen LogP) is 2.01. The lowest BCUT2D eigenvalue weighted by atomic mass is 10.2. The van der Waals surface area contributed by atoms with Crippen LogP contribution in [0.3, 0.4) is 0 Å². The van der Waals surface area contributed by atoms with E-state index >= 15 is 0 Å². The largest absolute Gasteiger partial charge is 0.386 e. The van der Waals surface area contributed by atoms with Gasteiger partial charge >= 0.3 is 0 Å². The van der Waals surface area contributed by atoms with E-state index in [2.05, 4.69) is 10.3 Å². The quantitative estimate of drug-likeness (QED) is 0.942. The van der Waals surface area contributed by atoms with Gasteiger partial charge in [-0.3, -0.25) is 4.31 Å². The van der Waals surface area contributed by atoms with Gasteiger partial charge in [0.2, 0.25) is 0 Å². The molecule has 0 amide bonds. The second kappa shape index (κ2) is 5.00. The van der Waals surface area contributed by atoms with Gasteiger partial charge in [0.25, 0.3) is 10.0 Å². The topological polar surface area (TPSA) is 62.3 Å². The zero-order chi connectivity index (χ0) is 15.0. The van der Waals surface area contributed by atoms with E-state index in [1.54, 1.807) is 25.2 Å². The fourth-order valence-electron chi connectivity index (χ4n) is 2.46. The lowest BCUT2D eigenvalue weighted by Crippen LogP contribution is -2.30. The third-order valence-electron chi connectivity index (χ3n) is 3.48. The molecular weight excluding hydrogens is 293 g/mol. The van der Waals surface area contributed by atoms with Crippen LogP contribution in [0.25, 0.3) is 0 Å². The van der Waals surface area contributed by atoms with Gasteiger partial charge in [-0.2, -0.15) is 8.42 Å². The van der Waals surface area contributed by atoms with Gasteiger partial charge in [0.05, 0.1) is 11.4 Å². The van der Waals surface area contributed by atoms with Crippen molar-refractivity contribution < 1.29 is 12.8 Å². The van der Waals surface area contributed by atoms with Crippen LogP contribution in [0.5, 0.6) is 0 Å². The Labute approximate surface area is 122 Å². The Morgan fingerprint density at radius 3 is 2.90 bits per heavy atom. The van der Waals surface area contributed by atoms with Crippen LogP contribution in [-0.4, -0.2) is 27.0 Å². The third kappa shape index (κ3) is 2.23. The van der Waals surface area contributed by atoms with Gasteiger partial charge in [-0.05, 0) is 36.2 Å². The molecule has 0 radical (unpaired) electrons. The molecule has 0 aliphatic carbocycles. The molecule has 110 valence electrons. The van der Waals surface area contributed by atoms with Crippen molar-refractivity contribution in [3.05, 3.63) is 47.9 Å². The van der Waals surface area contributed by atoms with Crippen LogP contribution in [0, 0.1) is 5.82 Å². The Hall–Kier alpha value is -2.15. The standard InChI is InChI=1S/C14H14FN3O2S/c1-16-12-3-2-7-17-14(12)21(19,20)18-8-6-10-4-5-11(15)9-13(10)18/h2-5,7,9,16H,6,8H2,1H3. The SMILES string of the molecule is CNc1cccnc1S(=O)(=O)N1CCc2ccc(F)cc21. The molecule has 0 bridgehead atoms. The molecule has 1 aliphatic heterocycles. The van der Waals surface area contributed by atoms with E-state index in [1.165, 1.54) is 22.6 Å². The maximum atomic E-state index is 13.4. The summed E-state index contributed by atoms with van der Waals surface area (Å²) in [4.78, 5) is 3.98. The van der Waals surface area contributed by atoms with Crippen molar-refractivity contribution in [1.82, 2.24) is 4.98 Å². The van der Waals surface area contributed by atoms with E-state index in [4.69, 9.17) is 0 Å². The Morgan fingerprint density at radius 1 is 1.33 bits per heavy atom. The van der Waals surface area contributed by atoms with Crippen molar-refractivity contribution in [1.29, 1.82) is 0 Å². The van der Waals surface area contributed by atoms with Crippen molar-refractivity contribution in [3.8, 4) is 0 Å². The van der Waals surface area contributed by atoms with Crippen molar-refractivity contribution in [3.63, 3.8) is 0 Å². The molecule has 21 heavy (non-hydrogen) atoms. The number of aromatic nitrogens is 1. The van der Waals surface area contributed by atoms with Crippen LogP contribution < -0.4 is 9.62 Å². The number of benzene rings is 1. The van der Waals surface area contributed by atoms with Gasteiger partial charge in [0, 0.05) is 19.8 Å². The normalized spacial score (nSPS) is 14.1. The lowest BCUT2D eigenvalue weighted by molar-refractivity contribution is 0.588. The van der Waals surface area contributed by atoms with Crippen molar-refractivity contribution in [2.75, 3.05) is 23.2 Å². The van der Waals surface area contributed by atoms with Crippen LogP contribution in [0.1, 0.15) is 5.56 Å². The molecule has 0 atom stereocenters. The van der Waals surface area contributed by atoms with E-state index in [-0.39, 0.29) is 5.03 Å². The molecule has 0 unspecified atom stereocenters. The molecule has 1 aromatic heterocycles. The number of anilines is 2.